The van der Waals surface area contributed by atoms with Crippen molar-refractivity contribution in [2.45, 2.75) is 12.5 Å². The summed E-state index contributed by atoms with van der Waals surface area (Å²) in [5, 5.41) is 8.70. The van der Waals surface area contributed by atoms with Crippen LogP contribution in [0.25, 0.3) is 0 Å². The molecule has 2 aliphatic rings. The monoisotopic (exact) mass is 411 g/mol. The van der Waals surface area contributed by atoms with Gasteiger partial charge in [0.05, 0.1) is 29.9 Å². The molecule has 3 rings (SSSR count). The van der Waals surface area contributed by atoms with Gasteiger partial charge in [-0.05, 0) is 29.5 Å². The minimum absolute atomic E-state index is 0.0233. The first-order chi connectivity index (χ1) is 13.0. The molecule has 2 fully saturated rings. The zero-order valence-electron chi connectivity index (χ0n) is 14.6. The molecule has 2 atom stereocenters. The van der Waals surface area contributed by atoms with E-state index >= 15 is 0 Å². The Balaban J connectivity index is 1.67. The number of carbonyl (C=O) groups excluding carboxylic acids is 1. The van der Waals surface area contributed by atoms with Crippen molar-refractivity contribution in [2.75, 3.05) is 41.6 Å². The van der Waals surface area contributed by atoms with E-state index in [0.717, 1.165) is 4.91 Å². The molecule has 1 aromatic carbocycles. The van der Waals surface area contributed by atoms with E-state index in [2.05, 4.69) is 0 Å². The number of thioether (sulfide) groups is 1. The van der Waals surface area contributed by atoms with Crippen LogP contribution in [0, 0.1) is 17.1 Å². The van der Waals surface area contributed by atoms with Crippen LogP contribution in [0.2, 0.25) is 0 Å². The van der Waals surface area contributed by atoms with E-state index in [9.17, 15) is 13.4 Å². The second-order valence-corrected chi connectivity index (χ2v) is 8.07. The van der Waals surface area contributed by atoms with Crippen LogP contribution < -0.4 is 9.80 Å². The average molecular weight is 411 g/mol. The van der Waals surface area contributed by atoms with Crippen LogP contribution in [-0.2, 0) is 20.0 Å². The maximum absolute atomic E-state index is 14.6. The van der Waals surface area contributed by atoms with Crippen LogP contribution >= 0.6 is 11.8 Å². The van der Waals surface area contributed by atoms with E-state index in [-0.39, 0.29) is 13.2 Å². The van der Waals surface area contributed by atoms with Gasteiger partial charge >= 0.3 is 6.09 Å². The number of hydrogen-bond acceptors (Lipinski definition) is 7. The number of nitriles is 1. The lowest BCUT2D eigenvalue weighted by atomic mass is 10.2. The first-order valence-corrected chi connectivity index (χ1v) is 10.7. The highest BCUT2D eigenvalue weighted by atomic mass is 32.2. The molecule has 2 heterocycles. The molecule has 7 nitrogen and oxygen atoms in total. The van der Waals surface area contributed by atoms with Gasteiger partial charge < -0.3 is 9.64 Å². The molecule has 0 radical (unpaired) electrons. The van der Waals surface area contributed by atoms with Gasteiger partial charge in [0.25, 0.3) is 0 Å². The van der Waals surface area contributed by atoms with Gasteiger partial charge in [-0.1, -0.05) is 0 Å². The molecule has 0 saturated carbocycles. The largest absolute Gasteiger partial charge is 0.441 e. The van der Waals surface area contributed by atoms with Crippen molar-refractivity contribution in [3.05, 3.63) is 35.0 Å². The summed E-state index contributed by atoms with van der Waals surface area (Å²) in [5.41, 5.74) is 0.854. The van der Waals surface area contributed by atoms with Crippen molar-refractivity contribution in [1.82, 2.24) is 0 Å². The summed E-state index contributed by atoms with van der Waals surface area (Å²) >= 11 is 0.0704. The maximum atomic E-state index is 14.6. The molecule has 0 aliphatic carbocycles. The predicted molar refractivity (Wildman–Crippen MR) is 102 cm³/mol. The lowest BCUT2D eigenvalue weighted by Gasteiger charge is -2.30. The van der Waals surface area contributed by atoms with E-state index in [1.54, 1.807) is 12.1 Å². The second kappa shape index (κ2) is 8.73. The number of amides is 1. The van der Waals surface area contributed by atoms with E-state index in [0.29, 0.717) is 30.2 Å². The van der Waals surface area contributed by atoms with E-state index < -0.39 is 29.1 Å². The minimum Gasteiger partial charge on any atom is -0.441 e. The summed E-state index contributed by atoms with van der Waals surface area (Å²) in [7, 11) is 0. The first-order valence-electron chi connectivity index (χ1n) is 8.18. The molecule has 1 unspecified atom stereocenters. The average Bonchev–Trinajstić information content (AvgIpc) is 3.02. The van der Waals surface area contributed by atoms with Gasteiger partial charge in [0.2, 0.25) is 0 Å². The van der Waals surface area contributed by atoms with Gasteiger partial charge in [-0.2, -0.15) is 5.26 Å². The van der Waals surface area contributed by atoms with Crippen molar-refractivity contribution in [3.8, 4) is 6.07 Å². The summed E-state index contributed by atoms with van der Waals surface area (Å²) < 4.78 is 35.8. The van der Waals surface area contributed by atoms with Crippen molar-refractivity contribution in [3.63, 3.8) is 0 Å². The normalized spacial score (nSPS) is 22.6. The summed E-state index contributed by atoms with van der Waals surface area (Å²) in [6.45, 7) is 0.849. The van der Waals surface area contributed by atoms with Gasteiger partial charge in [-0.15, -0.1) is 11.8 Å². The highest BCUT2D eigenvalue weighted by Crippen LogP contribution is 2.33. The van der Waals surface area contributed by atoms with Gasteiger partial charge in [0.15, 0.2) is 11.1 Å². The van der Waals surface area contributed by atoms with Crippen LogP contribution in [0.4, 0.5) is 20.6 Å². The van der Waals surface area contributed by atoms with Crippen LogP contribution in [-0.4, -0.2) is 48.2 Å². The number of benzene rings is 1. The molecule has 0 bridgehead atoms. The second-order valence-electron chi connectivity index (χ2n) is 5.96. The van der Waals surface area contributed by atoms with Crippen LogP contribution in [0.1, 0.15) is 6.42 Å². The van der Waals surface area contributed by atoms with E-state index in [4.69, 9.17) is 14.2 Å². The molecule has 0 spiro atoms. The minimum atomic E-state index is -1.44. The smallest absolute Gasteiger partial charge is 0.414 e. The number of rotatable bonds is 5. The Labute approximate surface area is 163 Å². The number of nitrogens with zero attached hydrogens (tertiary/aromatic N) is 3. The summed E-state index contributed by atoms with van der Waals surface area (Å²) in [5.74, 6) is 0.131. The van der Waals surface area contributed by atoms with Gasteiger partial charge in [-0.25, -0.2) is 13.4 Å². The van der Waals surface area contributed by atoms with Gasteiger partial charge in [0.1, 0.15) is 18.5 Å². The van der Waals surface area contributed by atoms with Crippen molar-refractivity contribution < 1.29 is 22.3 Å². The molecule has 144 valence electrons. The zero-order chi connectivity index (χ0) is 19.4. The fraction of sp³-hybridized carbons (Fsp3) is 0.412. The van der Waals surface area contributed by atoms with Crippen molar-refractivity contribution in [2.24, 2.45) is 0 Å². The highest BCUT2D eigenvalue weighted by molar-refractivity contribution is 8.03. The molecule has 10 heteroatoms. The quantitative estimate of drug-likeness (QED) is 0.689. The molecule has 27 heavy (non-hydrogen) atoms. The third-order valence-electron chi connectivity index (χ3n) is 4.14. The Bertz CT molecular complexity index is 817. The van der Waals surface area contributed by atoms with Crippen molar-refractivity contribution >= 4 is 40.3 Å². The highest BCUT2D eigenvalue weighted by Gasteiger charge is 2.33. The molecular formula is C17H18FN3O4S2. The molecule has 1 amide bonds. The number of anilines is 2. The topological polar surface area (TPSA) is 82.9 Å². The predicted octanol–water partition coefficient (Wildman–Crippen LogP) is 2.77. The Hall–Kier alpha value is -2.09. The molecule has 2 saturated heterocycles. The number of halogens is 1. The number of ether oxygens (including phenoxy) is 1. The zero-order valence-corrected chi connectivity index (χ0v) is 16.2. The molecule has 0 N–H and O–H groups in total. The Morgan fingerprint density at radius 2 is 2.37 bits per heavy atom. The van der Waals surface area contributed by atoms with Crippen LogP contribution in [0.5, 0.6) is 0 Å². The lowest BCUT2D eigenvalue weighted by Crippen LogP contribution is -2.29. The molecular weight excluding hydrogens is 393 g/mol. The number of hydrogen-bond donors (Lipinski definition) is 0. The fourth-order valence-electron chi connectivity index (χ4n) is 2.83. The molecule has 1 aromatic rings. The van der Waals surface area contributed by atoms with Crippen LogP contribution in [0.3, 0.4) is 0 Å². The number of allylic oxidation sites excluding steroid dienone is 1. The Morgan fingerprint density at radius 3 is 3.00 bits per heavy atom. The molecule has 0 aromatic heterocycles. The standard InChI is InChI=1S/C17H18FN3O4S2/c1-27(23)24-10-13-9-21(17(22)25-13)12-2-3-16(15(18)8-12)20-7-5-14(4-6-19)26-11-20/h2-4,8,13H,5,7,9-11H2,1H3/b14-4+/t13-,27?/m1/s1. The maximum Gasteiger partial charge on any atom is 0.414 e. The third-order valence-corrected chi connectivity index (χ3v) is 5.74. The summed E-state index contributed by atoms with van der Waals surface area (Å²) in [6.07, 6.45) is 2.47. The summed E-state index contributed by atoms with van der Waals surface area (Å²) in [6, 6.07) is 6.64. The Kier molecular flexibility index (Phi) is 6.36. The lowest BCUT2D eigenvalue weighted by molar-refractivity contribution is 0.110. The first kappa shape index (κ1) is 19.7. The number of cyclic esters (lactones) is 1. The fourth-order valence-corrected chi connectivity index (χ4v) is 4.13. The number of carbonyl (C=O) groups is 1. The van der Waals surface area contributed by atoms with E-state index in [1.807, 2.05) is 11.0 Å². The summed E-state index contributed by atoms with van der Waals surface area (Å²) in [4.78, 5) is 16.2. The van der Waals surface area contributed by atoms with E-state index in [1.165, 1.54) is 35.1 Å². The molecule has 2 aliphatic heterocycles. The van der Waals surface area contributed by atoms with Crippen LogP contribution in [0.15, 0.2) is 29.2 Å². The Morgan fingerprint density at radius 1 is 1.56 bits per heavy atom. The SMILES string of the molecule is CS(=O)OC[C@H]1CN(c2ccc(N3CC/C(=C\C#N)SC3)c(F)c2)C(=O)O1. The van der Waals surface area contributed by atoms with Gasteiger partial charge in [0, 0.05) is 18.9 Å². The van der Waals surface area contributed by atoms with Crippen molar-refractivity contribution in [1.29, 1.82) is 5.26 Å². The third kappa shape index (κ3) is 4.80. The van der Waals surface area contributed by atoms with Gasteiger partial charge in [-0.3, -0.25) is 9.08 Å².